The van der Waals surface area contributed by atoms with Gasteiger partial charge >= 0.3 is 5.97 Å². The summed E-state index contributed by atoms with van der Waals surface area (Å²) in [6.07, 6.45) is 7.39. The third kappa shape index (κ3) is 4.87. The molecule has 0 aliphatic carbocycles. The molecule has 0 atom stereocenters. The molecule has 0 unspecified atom stereocenters. The van der Waals surface area contributed by atoms with Crippen molar-refractivity contribution in [2.45, 2.75) is 45.4 Å². The van der Waals surface area contributed by atoms with E-state index in [1.54, 1.807) is 6.07 Å². The van der Waals surface area contributed by atoms with Gasteiger partial charge in [-0.2, -0.15) is 0 Å². The minimum Gasteiger partial charge on any atom is -0.494 e. The Morgan fingerprint density at radius 2 is 1.83 bits per heavy atom. The summed E-state index contributed by atoms with van der Waals surface area (Å²) in [6.45, 7) is 2.92. The van der Waals surface area contributed by atoms with Gasteiger partial charge in [0.2, 0.25) is 0 Å². The van der Waals surface area contributed by atoms with E-state index in [4.69, 9.17) is 21.4 Å². The highest BCUT2D eigenvalue weighted by Gasteiger charge is 2.11. The Morgan fingerprint density at radius 3 is 2.57 bits per heavy atom. The average Bonchev–Trinajstić information content (AvgIpc) is 2.54. The lowest BCUT2D eigenvalue weighted by Crippen LogP contribution is -1.99. The van der Waals surface area contributed by atoms with Crippen LogP contribution < -0.4 is 4.74 Å². The summed E-state index contributed by atoms with van der Waals surface area (Å²) in [7, 11) is 0. The van der Waals surface area contributed by atoms with Crippen molar-refractivity contribution in [3.8, 4) is 5.75 Å². The number of halogens is 1. The summed E-state index contributed by atoms with van der Waals surface area (Å²) >= 11 is 6.15. The highest BCUT2D eigenvalue weighted by molar-refractivity contribution is 6.38. The second kappa shape index (κ2) is 8.78. The predicted octanol–water partition coefficient (Wildman–Crippen LogP) is 5.93. The van der Waals surface area contributed by atoms with Crippen molar-refractivity contribution in [3.05, 3.63) is 40.9 Å². The van der Waals surface area contributed by atoms with E-state index in [2.05, 4.69) is 6.92 Å². The maximum atomic E-state index is 11.1. The number of hydrogen-bond acceptors (Lipinski definition) is 2. The average molecular weight is 335 g/mol. The number of carbonyl (C=O) groups is 1. The number of hydrogen-bond donors (Lipinski definition) is 1. The van der Waals surface area contributed by atoms with E-state index in [1.165, 1.54) is 38.2 Å². The number of carboxylic acids is 1. The lowest BCUT2D eigenvalue weighted by molar-refractivity contribution is 0.0697. The Labute approximate surface area is 142 Å². The molecule has 2 rings (SSSR count). The first-order chi connectivity index (χ1) is 11.1. The third-order valence-electron chi connectivity index (χ3n) is 3.92. The fraction of sp³-hybridized carbons (Fsp3) is 0.421. The second-order valence-electron chi connectivity index (χ2n) is 5.73. The lowest BCUT2D eigenvalue weighted by Gasteiger charge is -2.09. The normalized spacial score (nSPS) is 10.9. The molecule has 0 saturated heterocycles. The zero-order chi connectivity index (χ0) is 16.7. The molecular formula is C19H23ClO3. The largest absolute Gasteiger partial charge is 0.494 e. The molecule has 23 heavy (non-hydrogen) atoms. The smallest absolute Gasteiger partial charge is 0.337 e. The molecule has 124 valence electrons. The third-order valence-corrected chi connectivity index (χ3v) is 4.33. The Balaban J connectivity index is 1.93. The van der Waals surface area contributed by atoms with Crippen LogP contribution in [0.15, 0.2) is 30.3 Å². The van der Waals surface area contributed by atoms with Gasteiger partial charge in [-0.25, -0.2) is 4.79 Å². The van der Waals surface area contributed by atoms with Crippen molar-refractivity contribution in [2.75, 3.05) is 6.61 Å². The van der Waals surface area contributed by atoms with Crippen LogP contribution in [0.2, 0.25) is 5.02 Å². The van der Waals surface area contributed by atoms with Crippen molar-refractivity contribution in [2.24, 2.45) is 0 Å². The fourth-order valence-corrected chi connectivity index (χ4v) is 2.91. The summed E-state index contributed by atoms with van der Waals surface area (Å²) in [4.78, 5) is 11.1. The number of aromatic carboxylic acids is 1. The van der Waals surface area contributed by atoms with Crippen LogP contribution >= 0.6 is 11.6 Å². The zero-order valence-corrected chi connectivity index (χ0v) is 14.2. The molecule has 0 aliphatic heterocycles. The summed E-state index contributed by atoms with van der Waals surface area (Å²) in [5, 5.41) is 11.0. The minimum absolute atomic E-state index is 0.125. The molecule has 3 nitrogen and oxygen atoms in total. The first-order valence-electron chi connectivity index (χ1n) is 8.22. The van der Waals surface area contributed by atoms with Gasteiger partial charge in [-0.3, -0.25) is 0 Å². The number of benzene rings is 2. The van der Waals surface area contributed by atoms with Gasteiger partial charge < -0.3 is 9.84 Å². The molecule has 2 aromatic rings. The van der Waals surface area contributed by atoms with Gasteiger partial charge in [0, 0.05) is 5.39 Å². The molecule has 0 saturated carbocycles. The first-order valence-corrected chi connectivity index (χ1v) is 8.59. The highest BCUT2D eigenvalue weighted by atomic mass is 35.5. The number of unbranched alkanes of at least 4 members (excludes halogenated alkanes) is 5. The fourth-order valence-electron chi connectivity index (χ4n) is 2.60. The van der Waals surface area contributed by atoms with Gasteiger partial charge in [0.1, 0.15) is 5.75 Å². The molecule has 2 aromatic carbocycles. The van der Waals surface area contributed by atoms with E-state index < -0.39 is 5.97 Å². The number of fused-ring (bicyclic) bond motifs is 1. The lowest BCUT2D eigenvalue weighted by atomic mass is 10.1. The van der Waals surface area contributed by atoms with Crippen LogP contribution in [0.25, 0.3) is 10.8 Å². The van der Waals surface area contributed by atoms with E-state index in [1.807, 2.05) is 18.2 Å². The van der Waals surface area contributed by atoms with Crippen LogP contribution in [0.4, 0.5) is 0 Å². The molecule has 0 bridgehead atoms. The van der Waals surface area contributed by atoms with Gasteiger partial charge in [-0.1, -0.05) is 56.7 Å². The van der Waals surface area contributed by atoms with Gasteiger partial charge in [-0.15, -0.1) is 0 Å². The molecule has 0 spiro atoms. The van der Waals surface area contributed by atoms with Crippen molar-refractivity contribution in [1.82, 2.24) is 0 Å². The quantitative estimate of drug-likeness (QED) is 0.578. The van der Waals surface area contributed by atoms with Crippen LogP contribution in [0.5, 0.6) is 5.75 Å². The molecule has 0 heterocycles. The van der Waals surface area contributed by atoms with Crippen LogP contribution in [0.1, 0.15) is 55.8 Å². The number of rotatable bonds is 9. The Morgan fingerprint density at radius 1 is 1.09 bits per heavy atom. The van der Waals surface area contributed by atoms with E-state index in [9.17, 15) is 4.79 Å². The van der Waals surface area contributed by atoms with Crippen molar-refractivity contribution < 1.29 is 14.6 Å². The van der Waals surface area contributed by atoms with Crippen molar-refractivity contribution in [1.29, 1.82) is 0 Å². The van der Waals surface area contributed by atoms with Gasteiger partial charge in [0.15, 0.2) is 0 Å². The Hall–Kier alpha value is -1.74. The minimum atomic E-state index is -1.01. The molecular weight excluding hydrogens is 312 g/mol. The topological polar surface area (TPSA) is 46.5 Å². The molecule has 4 heteroatoms. The van der Waals surface area contributed by atoms with E-state index >= 15 is 0 Å². The van der Waals surface area contributed by atoms with Crippen LogP contribution in [-0.2, 0) is 0 Å². The molecule has 0 aliphatic rings. The van der Waals surface area contributed by atoms with E-state index in [0.717, 1.165) is 22.9 Å². The number of ether oxygens (including phenoxy) is 1. The van der Waals surface area contributed by atoms with E-state index in [-0.39, 0.29) is 10.6 Å². The molecule has 1 N–H and O–H groups in total. The summed E-state index contributed by atoms with van der Waals surface area (Å²) < 4.78 is 5.78. The molecule has 0 aromatic heterocycles. The van der Waals surface area contributed by atoms with Crippen molar-refractivity contribution in [3.63, 3.8) is 0 Å². The Bertz CT molecular complexity index is 667. The van der Waals surface area contributed by atoms with E-state index in [0.29, 0.717) is 6.61 Å². The monoisotopic (exact) mass is 334 g/mol. The maximum Gasteiger partial charge on any atom is 0.337 e. The number of carboxylic acid groups (broad SMARTS) is 1. The van der Waals surface area contributed by atoms with Crippen LogP contribution in [0.3, 0.4) is 0 Å². The highest BCUT2D eigenvalue weighted by Crippen LogP contribution is 2.30. The maximum absolute atomic E-state index is 11.1. The van der Waals surface area contributed by atoms with Crippen LogP contribution in [-0.4, -0.2) is 17.7 Å². The summed E-state index contributed by atoms with van der Waals surface area (Å²) in [5.41, 5.74) is 0.125. The SMILES string of the molecule is CCCCCCCCOc1ccc2c(Cl)c(C(=O)O)ccc2c1. The zero-order valence-electron chi connectivity index (χ0n) is 13.5. The standard InChI is InChI=1S/C19H23ClO3/c1-2-3-4-5-6-7-12-23-15-9-11-16-14(13-15)8-10-17(18(16)20)19(21)22/h8-11,13H,2-7,12H2,1H3,(H,21,22). The molecule has 0 fully saturated rings. The first kappa shape index (κ1) is 17.6. The van der Waals surface area contributed by atoms with Gasteiger partial charge in [-0.05, 0) is 36.1 Å². The summed E-state index contributed by atoms with van der Waals surface area (Å²) in [5.74, 6) is -0.217. The van der Waals surface area contributed by atoms with Crippen LogP contribution in [0, 0.1) is 0 Å². The Kier molecular flexibility index (Phi) is 6.72. The second-order valence-corrected chi connectivity index (χ2v) is 6.11. The van der Waals surface area contributed by atoms with Crippen molar-refractivity contribution >= 4 is 28.3 Å². The predicted molar refractivity (Wildman–Crippen MR) is 94.8 cm³/mol. The molecule has 0 amide bonds. The molecule has 0 radical (unpaired) electrons. The summed E-state index contributed by atoms with van der Waals surface area (Å²) in [6, 6.07) is 8.87. The van der Waals surface area contributed by atoms with Gasteiger partial charge in [0.25, 0.3) is 0 Å². The van der Waals surface area contributed by atoms with Gasteiger partial charge in [0.05, 0.1) is 17.2 Å².